The van der Waals surface area contributed by atoms with Crippen molar-refractivity contribution in [1.29, 1.82) is 0 Å². The minimum atomic E-state index is -1.32. The highest BCUT2D eigenvalue weighted by Gasteiger charge is 2.42. The smallest absolute Gasteiger partial charge is 0.137 e. The number of piperidine rings is 1. The second-order valence-corrected chi connectivity index (χ2v) is 9.37. The zero-order valence-electron chi connectivity index (χ0n) is 20.3. The highest BCUT2D eigenvalue weighted by atomic mass is 16.5. The third-order valence-electron chi connectivity index (χ3n) is 6.29. The second kappa shape index (κ2) is 10.6. The molecule has 2 atom stereocenters. The summed E-state index contributed by atoms with van der Waals surface area (Å²) in [5.41, 5.74) is 3.00. The number of β-amino-alcohol motifs (C(OH)–C–C–N with tert-alkyl or cyclic N) is 1. The van der Waals surface area contributed by atoms with Gasteiger partial charge in [0.25, 0.3) is 0 Å². The fourth-order valence-electron chi connectivity index (χ4n) is 4.48. The van der Waals surface area contributed by atoms with Crippen molar-refractivity contribution in [2.45, 2.75) is 52.0 Å². The number of hydrogen-bond donors (Lipinski definition) is 2. The molecule has 34 heavy (non-hydrogen) atoms. The molecular formula is C27H35N3O4. The van der Waals surface area contributed by atoms with Crippen molar-refractivity contribution in [2.75, 3.05) is 26.3 Å². The van der Waals surface area contributed by atoms with Gasteiger partial charge in [-0.1, -0.05) is 24.3 Å². The molecule has 0 spiro atoms. The maximum atomic E-state index is 11.2. The summed E-state index contributed by atoms with van der Waals surface area (Å²) in [6.45, 7) is 9.01. The first-order valence-corrected chi connectivity index (χ1v) is 11.9. The van der Waals surface area contributed by atoms with Crippen LogP contribution in [0.5, 0.6) is 11.5 Å². The van der Waals surface area contributed by atoms with E-state index in [0.29, 0.717) is 45.0 Å². The van der Waals surface area contributed by atoms with Crippen LogP contribution in [0, 0.1) is 20.8 Å². The summed E-state index contributed by atoms with van der Waals surface area (Å²) in [5, 5.41) is 26.2. The highest BCUT2D eigenvalue weighted by Crippen LogP contribution is 2.26. The number of rotatable bonds is 9. The van der Waals surface area contributed by atoms with Crippen LogP contribution in [0.2, 0.25) is 0 Å². The van der Waals surface area contributed by atoms with Gasteiger partial charge in [-0.15, -0.1) is 0 Å². The van der Waals surface area contributed by atoms with E-state index in [0.717, 1.165) is 28.3 Å². The molecule has 2 heterocycles. The van der Waals surface area contributed by atoms with E-state index >= 15 is 0 Å². The van der Waals surface area contributed by atoms with Crippen molar-refractivity contribution in [2.24, 2.45) is 0 Å². The van der Waals surface area contributed by atoms with Gasteiger partial charge < -0.3 is 19.7 Å². The van der Waals surface area contributed by atoms with Gasteiger partial charge in [0.15, 0.2) is 0 Å². The van der Waals surface area contributed by atoms with Gasteiger partial charge in [0.1, 0.15) is 30.3 Å². The molecule has 0 aliphatic carbocycles. The molecule has 0 unspecified atom stereocenters. The van der Waals surface area contributed by atoms with Crippen LogP contribution < -0.4 is 9.47 Å². The molecule has 7 heteroatoms. The van der Waals surface area contributed by atoms with Crippen LogP contribution in [0.1, 0.15) is 28.9 Å². The van der Waals surface area contributed by atoms with E-state index in [-0.39, 0.29) is 6.61 Å². The van der Waals surface area contributed by atoms with Crippen molar-refractivity contribution in [1.82, 2.24) is 14.7 Å². The lowest BCUT2D eigenvalue weighted by Gasteiger charge is -2.42. The van der Waals surface area contributed by atoms with Crippen LogP contribution in [-0.4, -0.2) is 62.9 Å². The molecule has 1 aliphatic heterocycles. The van der Waals surface area contributed by atoms with Crippen molar-refractivity contribution >= 4 is 0 Å². The largest absolute Gasteiger partial charge is 0.492 e. The van der Waals surface area contributed by atoms with Crippen molar-refractivity contribution in [3.8, 4) is 11.5 Å². The Balaban J connectivity index is 1.32. The lowest BCUT2D eigenvalue weighted by Crippen LogP contribution is -2.59. The average molecular weight is 466 g/mol. The molecule has 182 valence electrons. The van der Waals surface area contributed by atoms with Gasteiger partial charge in [-0.05, 0) is 68.7 Å². The quantitative estimate of drug-likeness (QED) is 0.505. The summed E-state index contributed by atoms with van der Waals surface area (Å²) in [4.78, 5) is 2.15. The van der Waals surface area contributed by atoms with Crippen molar-refractivity contribution in [3.63, 3.8) is 0 Å². The Morgan fingerprint density at radius 1 is 1.03 bits per heavy atom. The Kier molecular flexibility index (Phi) is 7.56. The third-order valence-corrected chi connectivity index (χ3v) is 6.29. The molecule has 1 aromatic heterocycles. The maximum Gasteiger partial charge on any atom is 0.137 e. The fourth-order valence-corrected chi connectivity index (χ4v) is 4.48. The number of aliphatic hydroxyl groups is 2. The minimum Gasteiger partial charge on any atom is -0.492 e. The van der Waals surface area contributed by atoms with Gasteiger partial charge in [0, 0.05) is 25.3 Å². The molecule has 7 nitrogen and oxygen atoms in total. The molecule has 2 aromatic carbocycles. The number of ether oxygens (including phenoxy) is 2. The molecule has 2 N–H and O–H groups in total. The monoisotopic (exact) mass is 465 g/mol. The Labute approximate surface area is 201 Å². The topological polar surface area (TPSA) is 80.0 Å². The summed E-state index contributed by atoms with van der Waals surface area (Å²) in [6.07, 6.45) is -0.329. The molecule has 0 amide bonds. The number of nitrogens with zero attached hydrogens (tertiary/aromatic N) is 3. The maximum absolute atomic E-state index is 11.2. The Bertz CT molecular complexity index is 1100. The Morgan fingerprint density at radius 2 is 1.79 bits per heavy atom. The van der Waals surface area contributed by atoms with E-state index < -0.39 is 11.7 Å². The average Bonchev–Trinajstić information content (AvgIpc) is 3.12. The van der Waals surface area contributed by atoms with Crippen molar-refractivity contribution < 1.29 is 19.7 Å². The van der Waals surface area contributed by atoms with Gasteiger partial charge in [0.05, 0.1) is 18.3 Å². The Morgan fingerprint density at radius 3 is 2.53 bits per heavy atom. The molecule has 1 aliphatic rings. The predicted molar refractivity (Wildman–Crippen MR) is 131 cm³/mol. The fraction of sp³-hybridized carbons (Fsp3) is 0.444. The summed E-state index contributed by atoms with van der Waals surface area (Å²) in [5.74, 6) is 1.51. The predicted octanol–water partition coefficient (Wildman–Crippen LogP) is 3.26. The van der Waals surface area contributed by atoms with E-state index in [1.807, 2.05) is 67.9 Å². The number of benzene rings is 2. The van der Waals surface area contributed by atoms with Gasteiger partial charge in [-0.2, -0.15) is 5.10 Å². The lowest BCUT2D eigenvalue weighted by molar-refractivity contribution is -0.140. The first-order chi connectivity index (χ1) is 16.3. The number of hydrogen-bond acceptors (Lipinski definition) is 6. The van der Waals surface area contributed by atoms with Crippen LogP contribution >= 0.6 is 0 Å². The molecule has 0 bridgehead atoms. The van der Waals surface area contributed by atoms with Gasteiger partial charge in [-0.3, -0.25) is 9.58 Å². The molecule has 1 fully saturated rings. The van der Waals surface area contributed by atoms with Crippen molar-refractivity contribution in [3.05, 3.63) is 77.1 Å². The van der Waals surface area contributed by atoms with Gasteiger partial charge in [0.2, 0.25) is 0 Å². The number of aromatic nitrogens is 2. The van der Waals surface area contributed by atoms with E-state index in [9.17, 15) is 10.2 Å². The molecule has 4 rings (SSSR count). The minimum absolute atomic E-state index is 0.0452. The van der Waals surface area contributed by atoms with E-state index in [1.54, 1.807) is 0 Å². The summed E-state index contributed by atoms with van der Waals surface area (Å²) < 4.78 is 13.8. The van der Waals surface area contributed by atoms with Gasteiger partial charge in [-0.25, -0.2) is 0 Å². The molecule has 3 aromatic rings. The van der Waals surface area contributed by atoms with E-state index in [4.69, 9.17) is 9.47 Å². The number of aryl methyl sites for hydroxylation is 3. The summed E-state index contributed by atoms with van der Waals surface area (Å²) >= 11 is 0. The normalized spacial score (nSPS) is 20.9. The van der Waals surface area contributed by atoms with Gasteiger partial charge >= 0.3 is 0 Å². The van der Waals surface area contributed by atoms with E-state index in [2.05, 4.69) is 22.1 Å². The first-order valence-electron chi connectivity index (χ1n) is 11.9. The molecule has 0 radical (unpaired) electrons. The third kappa shape index (κ3) is 6.17. The lowest BCUT2D eigenvalue weighted by atomic mass is 9.90. The van der Waals surface area contributed by atoms with Crippen LogP contribution in [0.25, 0.3) is 0 Å². The van der Waals surface area contributed by atoms with Crippen LogP contribution in [0.3, 0.4) is 0 Å². The Hall–Kier alpha value is -2.87. The summed E-state index contributed by atoms with van der Waals surface area (Å²) in [7, 11) is 0. The molecular weight excluding hydrogens is 430 g/mol. The molecule has 1 saturated heterocycles. The summed E-state index contributed by atoms with van der Waals surface area (Å²) in [6, 6.07) is 17.8. The standard InChI is InChI=1S/C27H35N3O4/c1-20-6-4-8-24(14-20)34-19-27(32)18-29(11-10-26(27)31)17-23-7-5-9-25(16-23)33-13-12-30-22(3)15-21(2)28-30/h4-9,14-16,26,31-32H,10-13,17-19H2,1-3H3/t26-,27-/m0/s1. The highest BCUT2D eigenvalue weighted by molar-refractivity contribution is 5.29. The first kappa shape index (κ1) is 24.3. The SMILES string of the molecule is Cc1cccc(OC[C@@]2(O)CN(Cc3cccc(OCCn4nc(C)cc4C)c3)CC[C@@H]2O)c1. The van der Waals surface area contributed by atoms with Crippen LogP contribution in [-0.2, 0) is 13.1 Å². The second-order valence-electron chi connectivity index (χ2n) is 9.37. The van der Waals surface area contributed by atoms with E-state index in [1.165, 1.54) is 0 Å². The number of aliphatic hydroxyl groups excluding tert-OH is 1. The zero-order valence-corrected chi connectivity index (χ0v) is 20.3. The zero-order chi connectivity index (χ0) is 24.1. The molecule has 0 saturated carbocycles. The number of likely N-dealkylation sites (tertiary alicyclic amines) is 1. The van der Waals surface area contributed by atoms with Crippen LogP contribution in [0.4, 0.5) is 0 Å². The van der Waals surface area contributed by atoms with Crippen LogP contribution in [0.15, 0.2) is 54.6 Å².